The van der Waals surface area contributed by atoms with Crippen LogP contribution >= 0.6 is 0 Å². The first-order chi connectivity index (χ1) is 8.71. The van der Waals surface area contributed by atoms with Crippen LogP contribution in [0.25, 0.3) is 11.0 Å². The van der Waals surface area contributed by atoms with Gasteiger partial charge in [0.05, 0.1) is 16.6 Å². The molecule has 0 spiro atoms. The Morgan fingerprint density at radius 3 is 2.53 bits per heavy atom. The Labute approximate surface area is 113 Å². The van der Waals surface area contributed by atoms with E-state index in [4.69, 9.17) is 5.11 Å². The minimum atomic E-state index is -0.919. The quantitative estimate of drug-likeness (QED) is 0.896. The number of hydrogen-bond donors (Lipinski definition) is 1. The van der Waals surface area contributed by atoms with Gasteiger partial charge in [0.25, 0.3) is 0 Å². The van der Waals surface area contributed by atoms with Gasteiger partial charge < -0.3 is 9.67 Å². The minimum Gasteiger partial charge on any atom is -0.478 e. The Balaban J connectivity index is 2.63. The van der Waals surface area contributed by atoms with Crippen molar-refractivity contribution < 1.29 is 9.90 Å². The molecule has 0 aliphatic rings. The zero-order chi connectivity index (χ0) is 14.4. The van der Waals surface area contributed by atoms with Crippen LogP contribution in [0.15, 0.2) is 18.2 Å². The van der Waals surface area contributed by atoms with Crippen molar-refractivity contribution in [3.05, 3.63) is 29.6 Å². The monoisotopic (exact) mass is 260 g/mol. The Morgan fingerprint density at radius 2 is 2.00 bits per heavy atom. The summed E-state index contributed by atoms with van der Waals surface area (Å²) < 4.78 is 2.18. The maximum atomic E-state index is 11.0. The lowest BCUT2D eigenvalue weighted by Crippen LogP contribution is -2.22. The van der Waals surface area contributed by atoms with Crippen molar-refractivity contribution in [2.24, 2.45) is 5.41 Å². The summed E-state index contributed by atoms with van der Waals surface area (Å²) in [5, 5.41) is 9.02. The average Bonchev–Trinajstić information content (AvgIpc) is 2.61. The largest absolute Gasteiger partial charge is 0.478 e. The number of aromatic nitrogens is 2. The molecule has 0 radical (unpaired) electrons. The van der Waals surface area contributed by atoms with Crippen LogP contribution in [0.2, 0.25) is 0 Å². The predicted molar refractivity (Wildman–Crippen MR) is 75.6 cm³/mol. The van der Waals surface area contributed by atoms with Crippen LogP contribution in [0.3, 0.4) is 0 Å². The van der Waals surface area contributed by atoms with Crippen molar-refractivity contribution in [3.63, 3.8) is 0 Å². The first kappa shape index (κ1) is 13.6. The summed E-state index contributed by atoms with van der Waals surface area (Å²) in [6.07, 6.45) is 0. The van der Waals surface area contributed by atoms with E-state index in [1.54, 1.807) is 12.1 Å². The molecule has 0 aliphatic carbocycles. The molecule has 2 rings (SSSR count). The lowest BCUT2D eigenvalue weighted by atomic mass is 9.87. The summed E-state index contributed by atoms with van der Waals surface area (Å²) in [6, 6.07) is 5.41. The maximum Gasteiger partial charge on any atom is 0.335 e. The minimum absolute atomic E-state index is 0.115. The van der Waals surface area contributed by atoms with Gasteiger partial charge in [0.15, 0.2) is 0 Å². The topological polar surface area (TPSA) is 55.1 Å². The Kier molecular flexibility index (Phi) is 3.12. The molecule has 0 aliphatic heterocycles. The highest BCUT2D eigenvalue weighted by Crippen LogP contribution is 2.33. The van der Waals surface area contributed by atoms with Gasteiger partial charge in [-0.1, -0.05) is 20.8 Å². The van der Waals surface area contributed by atoms with Gasteiger partial charge in [0.2, 0.25) is 0 Å². The summed E-state index contributed by atoms with van der Waals surface area (Å²) in [6.45, 7) is 10.7. The van der Waals surface area contributed by atoms with Gasteiger partial charge >= 0.3 is 5.97 Å². The molecular formula is C15H20N2O2. The van der Waals surface area contributed by atoms with Crippen molar-refractivity contribution in [1.82, 2.24) is 9.55 Å². The van der Waals surface area contributed by atoms with E-state index in [0.717, 1.165) is 16.9 Å². The van der Waals surface area contributed by atoms with Crippen LogP contribution in [-0.2, 0) is 0 Å². The summed E-state index contributed by atoms with van der Waals surface area (Å²) >= 11 is 0. The second-order valence-electron chi connectivity index (χ2n) is 6.08. The van der Waals surface area contributed by atoms with Gasteiger partial charge in [-0.2, -0.15) is 0 Å². The number of carboxylic acid groups (broad SMARTS) is 1. The van der Waals surface area contributed by atoms with E-state index in [2.05, 4.69) is 37.2 Å². The summed E-state index contributed by atoms with van der Waals surface area (Å²) in [4.78, 5) is 15.5. The molecule has 1 aromatic carbocycles. The van der Waals surface area contributed by atoms with E-state index >= 15 is 0 Å². The lowest BCUT2D eigenvalue weighted by molar-refractivity contribution is 0.0697. The van der Waals surface area contributed by atoms with E-state index in [-0.39, 0.29) is 17.0 Å². The first-order valence-corrected chi connectivity index (χ1v) is 6.43. The number of fused-ring (bicyclic) bond motifs is 1. The zero-order valence-electron chi connectivity index (χ0n) is 12.1. The highest BCUT2D eigenvalue weighted by Gasteiger charge is 2.25. The number of carbonyl (C=O) groups is 1. The molecule has 4 heteroatoms. The van der Waals surface area contributed by atoms with E-state index in [1.165, 1.54) is 0 Å². The smallest absolute Gasteiger partial charge is 0.335 e. The SMILES string of the molecule is Cc1nc2cc(C(=O)O)ccc2n1C(C)C(C)(C)C. The maximum absolute atomic E-state index is 11.0. The van der Waals surface area contributed by atoms with E-state index in [9.17, 15) is 4.79 Å². The van der Waals surface area contributed by atoms with Crippen molar-refractivity contribution in [2.75, 3.05) is 0 Å². The fraction of sp³-hybridized carbons (Fsp3) is 0.467. The highest BCUT2D eigenvalue weighted by atomic mass is 16.4. The molecule has 2 aromatic rings. The Morgan fingerprint density at radius 1 is 1.37 bits per heavy atom. The van der Waals surface area contributed by atoms with Crippen molar-refractivity contribution in [3.8, 4) is 0 Å². The normalized spacial score (nSPS) is 13.7. The van der Waals surface area contributed by atoms with E-state index in [1.807, 2.05) is 13.0 Å². The number of benzene rings is 1. The fourth-order valence-electron chi connectivity index (χ4n) is 2.23. The number of hydrogen-bond acceptors (Lipinski definition) is 2. The molecule has 0 saturated heterocycles. The molecule has 0 amide bonds. The Bertz CT molecular complexity index is 635. The standard InChI is InChI=1S/C15H20N2O2/c1-9(15(3,4)5)17-10(2)16-12-8-11(14(18)19)6-7-13(12)17/h6-9H,1-5H3,(H,18,19). The number of imidazole rings is 1. The molecule has 0 saturated carbocycles. The molecule has 0 bridgehead atoms. The summed E-state index contributed by atoms with van der Waals surface area (Å²) in [5.74, 6) is -0.00191. The van der Waals surface area contributed by atoms with Gasteiger partial charge in [0.1, 0.15) is 5.82 Å². The molecule has 102 valence electrons. The molecule has 1 atom stereocenters. The number of rotatable bonds is 2. The van der Waals surface area contributed by atoms with Crippen LogP contribution in [0.4, 0.5) is 0 Å². The third-order valence-electron chi connectivity index (χ3n) is 3.75. The number of aromatic carboxylic acids is 1. The van der Waals surface area contributed by atoms with Crippen LogP contribution < -0.4 is 0 Å². The molecular weight excluding hydrogens is 240 g/mol. The van der Waals surface area contributed by atoms with Gasteiger partial charge in [-0.15, -0.1) is 0 Å². The van der Waals surface area contributed by atoms with Gasteiger partial charge in [-0.05, 0) is 37.5 Å². The van der Waals surface area contributed by atoms with Crippen LogP contribution in [-0.4, -0.2) is 20.6 Å². The van der Waals surface area contributed by atoms with Crippen molar-refractivity contribution in [2.45, 2.75) is 40.7 Å². The van der Waals surface area contributed by atoms with Crippen LogP contribution in [0, 0.1) is 12.3 Å². The molecule has 1 heterocycles. The number of aryl methyl sites for hydroxylation is 1. The highest BCUT2D eigenvalue weighted by molar-refractivity contribution is 5.92. The van der Waals surface area contributed by atoms with E-state index < -0.39 is 5.97 Å². The zero-order valence-corrected chi connectivity index (χ0v) is 12.1. The second-order valence-corrected chi connectivity index (χ2v) is 6.08. The summed E-state index contributed by atoms with van der Waals surface area (Å²) in [5.41, 5.74) is 2.13. The fourth-order valence-corrected chi connectivity index (χ4v) is 2.23. The van der Waals surface area contributed by atoms with Gasteiger partial charge in [0, 0.05) is 6.04 Å². The molecule has 19 heavy (non-hydrogen) atoms. The average molecular weight is 260 g/mol. The van der Waals surface area contributed by atoms with Crippen LogP contribution in [0.5, 0.6) is 0 Å². The summed E-state index contributed by atoms with van der Waals surface area (Å²) in [7, 11) is 0. The Hall–Kier alpha value is -1.84. The second kappa shape index (κ2) is 4.37. The van der Waals surface area contributed by atoms with Gasteiger partial charge in [-0.25, -0.2) is 9.78 Å². The third-order valence-corrected chi connectivity index (χ3v) is 3.75. The van der Waals surface area contributed by atoms with Gasteiger partial charge in [-0.3, -0.25) is 0 Å². The lowest BCUT2D eigenvalue weighted by Gasteiger charge is -2.30. The predicted octanol–water partition coefficient (Wildman–Crippen LogP) is 3.65. The molecule has 1 unspecified atom stereocenters. The molecule has 0 fully saturated rings. The number of carboxylic acids is 1. The van der Waals surface area contributed by atoms with Crippen molar-refractivity contribution in [1.29, 1.82) is 0 Å². The van der Waals surface area contributed by atoms with Crippen molar-refractivity contribution >= 4 is 17.0 Å². The molecule has 1 aromatic heterocycles. The third kappa shape index (κ3) is 2.35. The molecule has 1 N–H and O–H groups in total. The van der Waals surface area contributed by atoms with E-state index in [0.29, 0.717) is 0 Å². The molecule has 4 nitrogen and oxygen atoms in total. The number of nitrogens with zero attached hydrogens (tertiary/aromatic N) is 2. The first-order valence-electron chi connectivity index (χ1n) is 6.43. The van der Waals surface area contributed by atoms with Crippen LogP contribution in [0.1, 0.15) is 49.9 Å².